The Hall–Kier alpha value is -4.38. The molecule has 0 saturated heterocycles. The number of aromatic nitrogens is 3. The first-order chi connectivity index (χ1) is 15.0. The second kappa shape index (κ2) is 8.55. The molecule has 10 nitrogen and oxygen atoms in total. The summed E-state index contributed by atoms with van der Waals surface area (Å²) in [5, 5.41) is 14.9. The highest BCUT2D eigenvalue weighted by atomic mass is 32.1. The van der Waals surface area contributed by atoms with E-state index in [9.17, 15) is 19.7 Å². The molecule has 11 heteroatoms. The highest BCUT2D eigenvalue weighted by Crippen LogP contribution is 2.24. The number of nitrogens with zero attached hydrogens (tertiary/aromatic N) is 4. The molecule has 0 saturated carbocycles. The Balaban J connectivity index is 1.56. The fourth-order valence-corrected chi connectivity index (χ4v) is 3.43. The van der Waals surface area contributed by atoms with Crippen LogP contribution in [0.3, 0.4) is 0 Å². The van der Waals surface area contributed by atoms with Gasteiger partial charge in [-0.15, -0.1) is 5.10 Å². The number of rotatable bonds is 5. The summed E-state index contributed by atoms with van der Waals surface area (Å²) in [5.74, 6) is -1.11. The number of thiophene rings is 1. The van der Waals surface area contributed by atoms with Crippen LogP contribution in [-0.4, -0.2) is 31.5 Å². The Morgan fingerprint density at radius 2 is 1.55 bits per heavy atom. The van der Waals surface area contributed by atoms with Gasteiger partial charge in [0.05, 0.1) is 10.6 Å². The predicted molar refractivity (Wildman–Crippen MR) is 113 cm³/mol. The molecule has 0 aliphatic rings. The van der Waals surface area contributed by atoms with E-state index in [2.05, 4.69) is 20.9 Å². The topological polar surface area (TPSA) is 132 Å². The first-order valence-corrected chi connectivity index (χ1v) is 9.77. The van der Waals surface area contributed by atoms with Crippen molar-refractivity contribution in [2.24, 2.45) is 0 Å². The number of carbonyl (C=O) groups excluding carboxylic acids is 2. The minimum Gasteiger partial charge on any atom is -0.266 e. The molecule has 4 aromatic rings. The van der Waals surface area contributed by atoms with Gasteiger partial charge in [-0.2, -0.15) is 0 Å². The Morgan fingerprint density at radius 3 is 2.19 bits per heavy atom. The van der Waals surface area contributed by atoms with Crippen molar-refractivity contribution in [1.82, 2.24) is 25.6 Å². The predicted octanol–water partition coefficient (Wildman–Crippen LogP) is 2.98. The van der Waals surface area contributed by atoms with Crippen LogP contribution in [0, 0.1) is 10.1 Å². The van der Waals surface area contributed by atoms with Gasteiger partial charge in [0.25, 0.3) is 5.91 Å². The molecule has 0 radical (unpaired) electrons. The summed E-state index contributed by atoms with van der Waals surface area (Å²) >= 11 is 0.700. The van der Waals surface area contributed by atoms with Crippen LogP contribution >= 0.6 is 11.3 Å². The highest BCUT2D eigenvalue weighted by Gasteiger charge is 2.20. The van der Waals surface area contributed by atoms with Gasteiger partial charge in [-0.3, -0.25) is 30.6 Å². The smallest absolute Gasteiger partial charge is 0.266 e. The van der Waals surface area contributed by atoms with Gasteiger partial charge in [0, 0.05) is 11.6 Å². The second-order valence-corrected chi connectivity index (χ2v) is 7.24. The minimum atomic E-state index is -0.730. The molecule has 0 fully saturated rings. The summed E-state index contributed by atoms with van der Waals surface area (Å²) in [6.45, 7) is 0. The second-order valence-electron chi connectivity index (χ2n) is 6.18. The Kier molecular flexibility index (Phi) is 5.49. The largest absolute Gasteiger partial charge is 0.324 e. The number of benzene rings is 2. The zero-order valence-electron chi connectivity index (χ0n) is 15.8. The number of nitro groups is 1. The molecule has 154 valence electrons. The fraction of sp³-hybridized carbons (Fsp3) is 0. The summed E-state index contributed by atoms with van der Waals surface area (Å²) < 4.78 is 1.54. The van der Waals surface area contributed by atoms with Crippen molar-refractivity contribution in [1.29, 1.82) is 0 Å². The molecule has 0 spiro atoms. The normalized spacial score (nSPS) is 10.5. The molecule has 2 amide bonds. The van der Waals surface area contributed by atoms with Crippen LogP contribution in [0.1, 0.15) is 20.3 Å². The lowest BCUT2D eigenvalue weighted by Gasteiger charge is -2.05. The fourth-order valence-electron chi connectivity index (χ4n) is 2.71. The third-order valence-electron chi connectivity index (χ3n) is 4.13. The molecular formula is C20H14N6O4S. The quantitative estimate of drug-likeness (QED) is 0.367. The lowest BCUT2D eigenvalue weighted by molar-refractivity contribution is -0.380. The van der Waals surface area contributed by atoms with E-state index < -0.39 is 16.7 Å². The third-order valence-corrected chi connectivity index (χ3v) is 5.16. The number of nitrogens with one attached hydrogen (secondary N) is 2. The van der Waals surface area contributed by atoms with Gasteiger partial charge in [0.1, 0.15) is 4.88 Å². The summed E-state index contributed by atoms with van der Waals surface area (Å²) in [6, 6.07) is 21.0. The third kappa shape index (κ3) is 4.31. The average molecular weight is 434 g/mol. The number of hydrogen-bond donors (Lipinski definition) is 2. The Morgan fingerprint density at radius 1 is 0.903 bits per heavy atom. The van der Waals surface area contributed by atoms with E-state index in [1.54, 1.807) is 0 Å². The van der Waals surface area contributed by atoms with Gasteiger partial charge in [0.15, 0.2) is 5.82 Å². The van der Waals surface area contributed by atoms with Crippen LogP contribution < -0.4 is 10.9 Å². The van der Waals surface area contributed by atoms with Crippen molar-refractivity contribution in [2.45, 2.75) is 0 Å². The Bertz CT molecular complexity index is 1200. The van der Waals surface area contributed by atoms with Gasteiger partial charge in [-0.05, 0) is 18.2 Å². The van der Waals surface area contributed by atoms with E-state index >= 15 is 0 Å². The van der Waals surface area contributed by atoms with Crippen LogP contribution in [0.5, 0.6) is 0 Å². The molecule has 2 aromatic carbocycles. The molecular weight excluding hydrogens is 420 g/mol. The first-order valence-electron chi connectivity index (χ1n) is 8.96. The van der Waals surface area contributed by atoms with E-state index in [4.69, 9.17) is 0 Å². The van der Waals surface area contributed by atoms with Crippen LogP contribution in [0.25, 0.3) is 17.1 Å². The number of para-hydroxylation sites is 1. The van der Waals surface area contributed by atoms with Crippen molar-refractivity contribution in [3.8, 4) is 17.1 Å². The molecule has 0 aliphatic carbocycles. The maximum atomic E-state index is 12.6. The van der Waals surface area contributed by atoms with Gasteiger partial charge < -0.3 is 0 Å². The average Bonchev–Trinajstić information content (AvgIpc) is 3.47. The molecule has 31 heavy (non-hydrogen) atoms. The molecule has 0 atom stereocenters. The van der Waals surface area contributed by atoms with Crippen LogP contribution in [0.4, 0.5) is 5.00 Å². The summed E-state index contributed by atoms with van der Waals surface area (Å²) in [5.41, 5.74) is 5.93. The van der Waals surface area contributed by atoms with E-state index in [-0.39, 0.29) is 15.7 Å². The lowest BCUT2D eigenvalue weighted by Crippen LogP contribution is -2.41. The van der Waals surface area contributed by atoms with E-state index in [1.165, 1.54) is 16.8 Å². The SMILES string of the molecule is O=C(NNC(=O)c1ccc([N+](=O)[O-])s1)c1nc(-c2ccccc2)n(-c2ccccc2)n1. The number of carbonyl (C=O) groups is 2. The van der Waals surface area contributed by atoms with Crippen molar-refractivity contribution in [2.75, 3.05) is 0 Å². The highest BCUT2D eigenvalue weighted by molar-refractivity contribution is 7.17. The summed E-state index contributed by atoms with van der Waals surface area (Å²) in [4.78, 5) is 39.3. The van der Waals surface area contributed by atoms with Gasteiger partial charge in [-0.25, -0.2) is 9.67 Å². The van der Waals surface area contributed by atoms with Gasteiger partial charge >= 0.3 is 10.9 Å². The van der Waals surface area contributed by atoms with E-state index in [1.807, 2.05) is 60.7 Å². The van der Waals surface area contributed by atoms with E-state index in [0.29, 0.717) is 22.8 Å². The van der Waals surface area contributed by atoms with Gasteiger partial charge in [0.2, 0.25) is 5.82 Å². The Labute approximate surface area is 179 Å². The molecule has 2 N–H and O–H groups in total. The molecule has 0 aliphatic heterocycles. The molecule has 2 heterocycles. The minimum absolute atomic E-state index is 0.0831. The van der Waals surface area contributed by atoms with Crippen molar-refractivity contribution >= 4 is 28.2 Å². The number of amides is 2. The van der Waals surface area contributed by atoms with Crippen LogP contribution in [0.2, 0.25) is 0 Å². The maximum absolute atomic E-state index is 12.6. The van der Waals surface area contributed by atoms with E-state index in [0.717, 1.165) is 5.56 Å². The molecule has 0 unspecified atom stereocenters. The van der Waals surface area contributed by atoms with Crippen LogP contribution in [0.15, 0.2) is 72.8 Å². The van der Waals surface area contributed by atoms with Gasteiger partial charge in [-0.1, -0.05) is 59.9 Å². The maximum Gasteiger partial charge on any atom is 0.324 e. The monoisotopic (exact) mass is 434 g/mol. The molecule has 0 bridgehead atoms. The lowest BCUT2D eigenvalue weighted by atomic mass is 10.2. The van der Waals surface area contributed by atoms with Crippen molar-refractivity contribution in [3.63, 3.8) is 0 Å². The number of hydrazine groups is 1. The number of hydrogen-bond acceptors (Lipinski definition) is 7. The zero-order chi connectivity index (χ0) is 21.8. The summed E-state index contributed by atoms with van der Waals surface area (Å²) in [6.07, 6.45) is 0. The zero-order valence-corrected chi connectivity index (χ0v) is 16.6. The molecule has 4 rings (SSSR count). The molecule has 2 aromatic heterocycles. The summed E-state index contributed by atoms with van der Waals surface area (Å²) in [7, 11) is 0. The van der Waals surface area contributed by atoms with Crippen molar-refractivity contribution < 1.29 is 14.5 Å². The first kappa shape index (κ1) is 19.9. The standard InChI is InChI=1S/C20H14N6O4S/c27-19(15-11-12-16(31-15)26(29)30)22-23-20(28)17-21-18(13-7-3-1-4-8-13)25(24-17)14-9-5-2-6-10-14/h1-12H,(H,22,27)(H,23,28). The van der Waals surface area contributed by atoms with Crippen molar-refractivity contribution in [3.05, 3.63) is 93.6 Å². The van der Waals surface area contributed by atoms with Crippen LogP contribution in [-0.2, 0) is 0 Å².